The predicted molar refractivity (Wildman–Crippen MR) is 60.6 cm³/mol. The van der Waals surface area contributed by atoms with Crippen molar-refractivity contribution in [3.05, 3.63) is 36.5 Å². The summed E-state index contributed by atoms with van der Waals surface area (Å²) >= 11 is 0. The lowest BCUT2D eigenvalue weighted by Crippen LogP contribution is -2.20. The Morgan fingerprint density at radius 2 is 2.40 bits per heavy atom. The van der Waals surface area contributed by atoms with Gasteiger partial charge >= 0.3 is 0 Å². The monoisotopic (exact) mass is 209 g/mol. The first-order chi connectivity index (χ1) is 7.24. The summed E-state index contributed by atoms with van der Waals surface area (Å²) in [6.45, 7) is 9.15. The number of hydrogen-bond acceptors (Lipinski definition) is 3. The summed E-state index contributed by atoms with van der Waals surface area (Å²) in [5.74, 6) is 1.94. The molecule has 0 aliphatic carbocycles. The van der Waals surface area contributed by atoms with Gasteiger partial charge in [0.15, 0.2) is 0 Å². The van der Waals surface area contributed by atoms with Gasteiger partial charge in [-0.1, -0.05) is 6.58 Å². The van der Waals surface area contributed by atoms with Gasteiger partial charge in [0.1, 0.15) is 11.5 Å². The molecule has 1 aromatic rings. The summed E-state index contributed by atoms with van der Waals surface area (Å²) in [7, 11) is 0. The summed E-state index contributed by atoms with van der Waals surface area (Å²) in [6.07, 6.45) is 2.44. The zero-order chi connectivity index (χ0) is 11.1. The highest BCUT2D eigenvalue weighted by atomic mass is 16.5. The fraction of sp³-hybridized carbons (Fsp3) is 0.500. The van der Waals surface area contributed by atoms with Crippen LogP contribution in [0.4, 0.5) is 0 Å². The van der Waals surface area contributed by atoms with Crippen molar-refractivity contribution in [1.29, 1.82) is 0 Å². The van der Waals surface area contributed by atoms with Gasteiger partial charge in [-0.2, -0.15) is 0 Å². The zero-order valence-electron chi connectivity index (χ0n) is 9.45. The molecule has 15 heavy (non-hydrogen) atoms. The summed E-state index contributed by atoms with van der Waals surface area (Å²) in [5.41, 5.74) is 0. The van der Waals surface area contributed by atoms with Crippen LogP contribution in [0.2, 0.25) is 0 Å². The van der Waals surface area contributed by atoms with E-state index in [1.54, 1.807) is 0 Å². The van der Waals surface area contributed by atoms with E-state index in [1.807, 2.05) is 19.1 Å². The Kier molecular flexibility index (Phi) is 4.98. The van der Waals surface area contributed by atoms with E-state index in [4.69, 9.17) is 9.15 Å². The zero-order valence-corrected chi connectivity index (χ0v) is 9.45. The van der Waals surface area contributed by atoms with E-state index >= 15 is 0 Å². The van der Waals surface area contributed by atoms with Gasteiger partial charge in [0, 0.05) is 0 Å². The molecule has 1 heterocycles. The Bertz CT molecular complexity index is 294. The van der Waals surface area contributed by atoms with Gasteiger partial charge in [-0.05, 0) is 38.9 Å². The highest BCUT2D eigenvalue weighted by molar-refractivity contribution is 5.08. The summed E-state index contributed by atoms with van der Waals surface area (Å²) in [4.78, 5) is 0. The minimum absolute atomic E-state index is 0.252. The van der Waals surface area contributed by atoms with Gasteiger partial charge in [0.05, 0.1) is 18.9 Å². The van der Waals surface area contributed by atoms with Crippen molar-refractivity contribution in [2.24, 2.45) is 0 Å². The largest absolute Gasteiger partial charge is 0.502 e. The second-order valence-electron chi connectivity index (χ2n) is 3.52. The van der Waals surface area contributed by atoms with Gasteiger partial charge in [0.25, 0.3) is 0 Å². The van der Waals surface area contributed by atoms with E-state index < -0.39 is 0 Å². The average molecular weight is 209 g/mol. The normalized spacial score (nSPS) is 12.4. The number of furan rings is 1. The third-order valence-corrected chi connectivity index (χ3v) is 2.20. The van der Waals surface area contributed by atoms with Crippen molar-refractivity contribution in [2.75, 3.05) is 13.2 Å². The van der Waals surface area contributed by atoms with Gasteiger partial charge in [-0.15, -0.1) is 0 Å². The maximum Gasteiger partial charge on any atom is 0.120 e. The molecule has 0 saturated carbocycles. The molecule has 3 nitrogen and oxygen atoms in total. The van der Waals surface area contributed by atoms with Crippen LogP contribution in [0, 0.1) is 6.92 Å². The molecule has 3 heteroatoms. The molecule has 1 rings (SSSR count). The number of rotatable bonds is 7. The molecule has 0 radical (unpaired) electrons. The third kappa shape index (κ3) is 4.21. The number of ether oxygens (including phenoxy) is 1. The van der Waals surface area contributed by atoms with Gasteiger partial charge in [-0.3, -0.25) is 0 Å². The van der Waals surface area contributed by atoms with Crippen LogP contribution in [-0.2, 0) is 4.74 Å². The molecule has 0 saturated heterocycles. The maximum atomic E-state index is 5.51. The lowest BCUT2D eigenvalue weighted by Gasteiger charge is -2.10. The van der Waals surface area contributed by atoms with Gasteiger partial charge in [0.2, 0.25) is 0 Å². The Morgan fingerprint density at radius 3 is 3.00 bits per heavy atom. The van der Waals surface area contributed by atoms with Crippen molar-refractivity contribution < 1.29 is 9.15 Å². The van der Waals surface area contributed by atoms with Crippen molar-refractivity contribution in [3.8, 4) is 0 Å². The summed E-state index contributed by atoms with van der Waals surface area (Å²) in [6, 6.07) is 4.24. The molecule has 84 valence electrons. The molecule has 0 aliphatic rings. The highest BCUT2D eigenvalue weighted by Crippen LogP contribution is 2.15. The van der Waals surface area contributed by atoms with Gasteiger partial charge in [-0.25, -0.2) is 0 Å². The molecular formula is C12H19NO2. The van der Waals surface area contributed by atoms with Crippen LogP contribution in [0.1, 0.15) is 30.9 Å². The van der Waals surface area contributed by atoms with Crippen LogP contribution in [-0.4, -0.2) is 13.2 Å². The smallest absolute Gasteiger partial charge is 0.120 e. The van der Waals surface area contributed by atoms with E-state index in [1.165, 1.54) is 6.26 Å². The van der Waals surface area contributed by atoms with E-state index in [0.717, 1.165) is 24.5 Å². The second-order valence-corrected chi connectivity index (χ2v) is 3.52. The molecule has 0 spiro atoms. The third-order valence-electron chi connectivity index (χ3n) is 2.20. The first-order valence-corrected chi connectivity index (χ1v) is 5.26. The van der Waals surface area contributed by atoms with E-state index in [9.17, 15) is 0 Å². The topological polar surface area (TPSA) is 34.4 Å². The van der Waals surface area contributed by atoms with Crippen LogP contribution >= 0.6 is 0 Å². The second kappa shape index (κ2) is 6.30. The standard InChI is InChI=1S/C12H19NO2/c1-4-14-9-5-8-13-11(3)12-7-6-10(2)15-12/h4,6-7,11,13H,1,5,8-9H2,2-3H3. The number of nitrogens with one attached hydrogen (secondary N) is 1. The van der Waals surface area contributed by atoms with Gasteiger partial charge < -0.3 is 14.5 Å². The summed E-state index contributed by atoms with van der Waals surface area (Å²) in [5, 5.41) is 3.36. The molecule has 1 N–H and O–H groups in total. The minimum atomic E-state index is 0.252. The van der Waals surface area contributed by atoms with E-state index in [2.05, 4.69) is 18.8 Å². The molecule has 1 aromatic heterocycles. The number of aryl methyl sites for hydroxylation is 1. The summed E-state index contributed by atoms with van der Waals surface area (Å²) < 4.78 is 10.5. The van der Waals surface area contributed by atoms with Crippen molar-refractivity contribution in [3.63, 3.8) is 0 Å². The van der Waals surface area contributed by atoms with Crippen LogP contribution in [0.15, 0.2) is 29.4 Å². The van der Waals surface area contributed by atoms with Crippen molar-refractivity contribution >= 4 is 0 Å². The Morgan fingerprint density at radius 1 is 1.60 bits per heavy atom. The first kappa shape index (κ1) is 11.9. The Labute approximate surface area is 91.1 Å². The minimum Gasteiger partial charge on any atom is -0.502 e. The molecule has 1 atom stereocenters. The van der Waals surface area contributed by atoms with Crippen molar-refractivity contribution in [2.45, 2.75) is 26.3 Å². The molecule has 0 aromatic carbocycles. The molecule has 0 aliphatic heterocycles. The lowest BCUT2D eigenvalue weighted by atomic mass is 10.2. The van der Waals surface area contributed by atoms with Crippen LogP contribution in [0.5, 0.6) is 0 Å². The highest BCUT2D eigenvalue weighted by Gasteiger charge is 2.07. The average Bonchev–Trinajstić information content (AvgIpc) is 2.64. The fourth-order valence-electron chi connectivity index (χ4n) is 1.34. The van der Waals surface area contributed by atoms with E-state index in [0.29, 0.717) is 6.61 Å². The molecule has 0 bridgehead atoms. The molecule has 0 amide bonds. The Balaban J connectivity index is 2.18. The molecule has 0 fully saturated rings. The maximum absolute atomic E-state index is 5.51. The van der Waals surface area contributed by atoms with Crippen LogP contribution in [0.3, 0.4) is 0 Å². The first-order valence-electron chi connectivity index (χ1n) is 5.26. The number of hydrogen-bond donors (Lipinski definition) is 1. The predicted octanol–water partition coefficient (Wildman–Crippen LogP) is 2.79. The molecular weight excluding hydrogens is 190 g/mol. The van der Waals surface area contributed by atoms with Crippen molar-refractivity contribution in [1.82, 2.24) is 5.32 Å². The quantitative estimate of drug-likeness (QED) is 0.554. The van der Waals surface area contributed by atoms with E-state index in [-0.39, 0.29) is 6.04 Å². The van der Waals surface area contributed by atoms with Crippen LogP contribution in [0.25, 0.3) is 0 Å². The fourth-order valence-corrected chi connectivity index (χ4v) is 1.34. The SMILES string of the molecule is C=COCCCNC(C)c1ccc(C)o1. The van der Waals surface area contributed by atoms with Crippen LogP contribution < -0.4 is 5.32 Å². The lowest BCUT2D eigenvalue weighted by molar-refractivity contribution is 0.242. The molecule has 1 unspecified atom stereocenters. The Hall–Kier alpha value is -1.22.